The van der Waals surface area contributed by atoms with E-state index in [2.05, 4.69) is 5.32 Å². The molecule has 0 aliphatic carbocycles. The lowest BCUT2D eigenvalue weighted by Gasteiger charge is -2.27. The molecule has 0 radical (unpaired) electrons. The second kappa shape index (κ2) is 9.76. The van der Waals surface area contributed by atoms with E-state index in [-0.39, 0.29) is 33.3 Å². The molecule has 1 aliphatic heterocycles. The Kier molecular flexibility index (Phi) is 7.33. The molecule has 1 heterocycles. The molecule has 30 heavy (non-hydrogen) atoms. The number of carbonyl (C=O) groups excluding carboxylic acids is 1. The quantitative estimate of drug-likeness (QED) is 0.679. The van der Waals surface area contributed by atoms with Crippen molar-refractivity contribution in [1.82, 2.24) is 4.31 Å². The number of sulfonamides is 1. The summed E-state index contributed by atoms with van der Waals surface area (Å²) in [7, 11) is -3.77. The summed E-state index contributed by atoms with van der Waals surface area (Å²) < 4.78 is 47.2. The van der Waals surface area contributed by atoms with Gasteiger partial charge in [0.2, 0.25) is 15.9 Å². The Bertz CT molecular complexity index is 1000. The molecule has 162 valence electrons. The highest BCUT2D eigenvalue weighted by molar-refractivity contribution is 7.89. The Balaban J connectivity index is 1.85. The molecule has 0 spiro atoms. The van der Waals surface area contributed by atoms with Gasteiger partial charge >= 0.3 is 0 Å². The van der Waals surface area contributed by atoms with E-state index in [0.717, 1.165) is 19.3 Å². The average molecular weight is 455 g/mol. The Morgan fingerprint density at radius 3 is 2.60 bits per heavy atom. The summed E-state index contributed by atoms with van der Waals surface area (Å²) in [5.41, 5.74) is 0.371. The second-order valence-corrected chi connectivity index (χ2v) is 9.30. The average Bonchev–Trinajstić information content (AvgIpc) is 2.73. The van der Waals surface area contributed by atoms with Crippen LogP contribution in [0, 0.1) is 5.82 Å². The van der Waals surface area contributed by atoms with Crippen LogP contribution < -0.4 is 10.1 Å². The fourth-order valence-corrected chi connectivity index (χ4v) is 5.28. The Morgan fingerprint density at radius 1 is 1.20 bits per heavy atom. The molecule has 0 aromatic heterocycles. The molecule has 3 rings (SSSR count). The zero-order valence-electron chi connectivity index (χ0n) is 16.7. The van der Waals surface area contributed by atoms with Crippen molar-refractivity contribution in [1.29, 1.82) is 0 Å². The molecule has 1 N–H and O–H groups in total. The molecule has 1 fully saturated rings. The molecule has 0 atom stereocenters. The first kappa shape index (κ1) is 22.5. The lowest BCUT2D eigenvalue weighted by Crippen LogP contribution is -2.35. The topological polar surface area (TPSA) is 75.7 Å². The third-order valence-corrected chi connectivity index (χ3v) is 7.13. The summed E-state index contributed by atoms with van der Waals surface area (Å²) in [5, 5.41) is 2.78. The van der Waals surface area contributed by atoms with Gasteiger partial charge in [-0.3, -0.25) is 4.79 Å². The van der Waals surface area contributed by atoms with Crippen LogP contribution in [0.4, 0.5) is 10.1 Å². The van der Waals surface area contributed by atoms with E-state index >= 15 is 0 Å². The minimum atomic E-state index is -3.77. The molecule has 6 nitrogen and oxygen atoms in total. The van der Waals surface area contributed by atoms with Gasteiger partial charge < -0.3 is 10.1 Å². The van der Waals surface area contributed by atoms with Crippen LogP contribution in [0.25, 0.3) is 0 Å². The first-order chi connectivity index (χ1) is 14.3. The van der Waals surface area contributed by atoms with Crippen LogP contribution in [0.3, 0.4) is 0 Å². The number of anilines is 1. The van der Waals surface area contributed by atoms with E-state index in [1.54, 1.807) is 13.0 Å². The van der Waals surface area contributed by atoms with Gasteiger partial charge in [-0.1, -0.05) is 24.1 Å². The van der Waals surface area contributed by atoms with Gasteiger partial charge in [0.05, 0.1) is 13.0 Å². The van der Waals surface area contributed by atoms with E-state index in [9.17, 15) is 17.6 Å². The maximum Gasteiger partial charge on any atom is 0.246 e. The Labute approximate surface area is 181 Å². The predicted octanol–water partition coefficient (Wildman–Crippen LogP) is 4.23. The second-order valence-electron chi connectivity index (χ2n) is 6.98. The van der Waals surface area contributed by atoms with Crippen molar-refractivity contribution in [2.75, 3.05) is 25.0 Å². The normalized spacial score (nSPS) is 15.0. The fraction of sp³-hybridized carbons (Fsp3) is 0.381. The first-order valence-electron chi connectivity index (χ1n) is 9.82. The highest BCUT2D eigenvalue weighted by Crippen LogP contribution is 2.31. The lowest BCUT2D eigenvalue weighted by atomic mass is 10.1. The van der Waals surface area contributed by atoms with Gasteiger partial charge in [-0.2, -0.15) is 4.31 Å². The van der Waals surface area contributed by atoms with Gasteiger partial charge in [0.1, 0.15) is 16.5 Å². The Hall–Kier alpha value is -2.16. The number of hydrogen-bond donors (Lipinski definition) is 1. The smallest absolute Gasteiger partial charge is 0.246 e. The maximum atomic E-state index is 13.9. The van der Waals surface area contributed by atoms with Crippen molar-refractivity contribution in [3.63, 3.8) is 0 Å². The van der Waals surface area contributed by atoms with Crippen molar-refractivity contribution in [3.05, 3.63) is 52.8 Å². The molecule has 0 bridgehead atoms. The number of hydrogen-bond acceptors (Lipinski definition) is 4. The number of rotatable bonds is 7. The molecular weight excluding hydrogens is 431 g/mol. The highest BCUT2D eigenvalue weighted by atomic mass is 35.5. The molecule has 0 saturated carbocycles. The van der Waals surface area contributed by atoms with Crippen LogP contribution in [0.5, 0.6) is 5.75 Å². The number of ether oxygens (including phenoxy) is 1. The van der Waals surface area contributed by atoms with E-state index in [1.807, 2.05) is 0 Å². The van der Waals surface area contributed by atoms with Crippen LogP contribution in [-0.2, 0) is 21.2 Å². The van der Waals surface area contributed by atoms with Gasteiger partial charge in [-0.15, -0.1) is 0 Å². The minimum absolute atomic E-state index is 0.00738. The van der Waals surface area contributed by atoms with E-state index < -0.39 is 21.7 Å². The summed E-state index contributed by atoms with van der Waals surface area (Å²) in [6.45, 7) is 2.98. The van der Waals surface area contributed by atoms with Crippen LogP contribution >= 0.6 is 11.6 Å². The van der Waals surface area contributed by atoms with E-state index in [0.29, 0.717) is 19.7 Å². The van der Waals surface area contributed by atoms with Crippen LogP contribution in [0.2, 0.25) is 5.02 Å². The largest absolute Gasteiger partial charge is 0.492 e. The molecule has 9 heteroatoms. The molecule has 1 amide bonds. The predicted molar refractivity (Wildman–Crippen MR) is 114 cm³/mol. The Morgan fingerprint density at radius 2 is 1.93 bits per heavy atom. The zero-order valence-corrected chi connectivity index (χ0v) is 18.2. The minimum Gasteiger partial charge on any atom is -0.492 e. The molecular formula is C21H24ClFN2O4S. The summed E-state index contributed by atoms with van der Waals surface area (Å²) in [4.78, 5) is 12.4. The van der Waals surface area contributed by atoms with Crippen LogP contribution in [0.15, 0.2) is 41.3 Å². The molecule has 2 aromatic carbocycles. The van der Waals surface area contributed by atoms with Gasteiger partial charge in [-0.05, 0) is 50.1 Å². The number of amides is 1. The number of carbonyl (C=O) groups is 1. The van der Waals surface area contributed by atoms with Crippen molar-refractivity contribution < 1.29 is 22.3 Å². The molecule has 1 aliphatic rings. The lowest BCUT2D eigenvalue weighted by molar-refractivity contribution is -0.115. The van der Waals surface area contributed by atoms with Gasteiger partial charge in [-0.25, -0.2) is 12.8 Å². The van der Waals surface area contributed by atoms with Crippen molar-refractivity contribution in [3.8, 4) is 5.75 Å². The summed E-state index contributed by atoms with van der Waals surface area (Å²) in [6, 6.07) is 8.66. The fourth-order valence-electron chi connectivity index (χ4n) is 3.37. The van der Waals surface area contributed by atoms with E-state index in [4.69, 9.17) is 16.3 Å². The molecule has 1 saturated heterocycles. The zero-order chi connectivity index (χ0) is 21.7. The molecule has 0 unspecified atom stereocenters. The third kappa shape index (κ3) is 5.11. The van der Waals surface area contributed by atoms with E-state index in [1.165, 1.54) is 34.6 Å². The monoisotopic (exact) mass is 454 g/mol. The molecule has 2 aromatic rings. The SMILES string of the molecule is CCOc1ccc(NC(=O)Cc2c(F)cccc2Cl)cc1S(=O)(=O)N1CCCCC1. The summed E-state index contributed by atoms with van der Waals surface area (Å²) in [5.74, 6) is -0.844. The summed E-state index contributed by atoms with van der Waals surface area (Å²) in [6.07, 6.45) is 2.35. The van der Waals surface area contributed by atoms with Crippen molar-refractivity contribution >= 4 is 33.2 Å². The number of halogens is 2. The third-order valence-electron chi connectivity index (χ3n) is 4.86. The van der Waals surface area contributed by atoms with Gasteiger partial charge in [0, 0.05) is 29.4 Å². The summed E-state index contributed by atoms with van der Waals surface area (Å²) >= 11 is 5.98. The number of benzene rings is 2. The van der Waals surface area contributed by atoms with Gasteiger partial charge in [0.15, 0.2) is 0 Å². The van der Waals surface area contributed by atoms with Crippen LogP contribution in [0.1, 0.15) is 31.7 Å². The maximum absolute atomic E-state index is 13.9. The van der Waals surface area contributed by atoms with Crippen molar-refractivity contribution in [2.45, 2.75) is 37.5 Å². The van der Waals surface area contributed by atoms with Crippen molar-refractivity contribution in [2.24, 2.45) is 0 Å². The van der Waals surface area contributed by atoms with Crippen LogP contribution in [-0.4, -0.2) is 38.3 Å². The number of nitrogens with zero attached hydrogens (tertiary/aromatic N) is 1. The van der Waals surface area contributed by atoms with Gasteiger partial charge in [0.25, 0.3) is 0 Å². The number of piperidine rings is 1. The highest BCUT2D eigenvalue weighted by Gasteiger charge is 2.29. The number of nitrogens with one attached hydrogen (secondary N) is 1. The first-order valence-corrected chi connectivity index (χ1v) is 11.6. The standard InChI is InChI=1S/C21H24ClFN2O4S/c1-2-29-19-10-9-15(13-20(19)30(27,28)25-11-4-3-5-12-25)24-21(26)14-16-17(22)7-6-8-18(16)23/h6-10,13H,2-5,11-12,14H2,1H3,(H,24,26).